The van der Waals surface area contributed by atoms with Crippen molar-refractivity contribution in [2.24, 2.45) is 0 Å². The van der Waals surface area contributed by atoms with Crippen molar-refractivity contribution in [3.8, 4) is 11.5 Å². The van der Waals surface area contributed by atoms with Crippen molar-refractivity contribution in [3.05, 3.63) is 54.1 Å². The molecule has 27 heavy (non-hydrogen) atoms. The van der Waals surface area contributed by atoms with Gasteiger partial charge in [0.2, 0.25) is 6.79 Å². The summed E-state index contributed by atoms with van der Waals surface area (Å²) in [7, 11) is 0. The molecule has 1 heterocycles. The lowest BCUT2D eigenvalue weighted by atomic mass is 9.93. The van der Waals surface area contributed by atoms with Crippen LogP contribution in [-0.4, -0.2) is 36.9 Å². The SMILES string of the molecule is O=C(NCCC(CCO)c1ccccc1)C(=O)Nc1ccc2c(c1)OCO2. The highest BCUT2D eigenvalue weighted by Crippen LogP contribution is 2.34. The fourth-order valence-electron chi connectivity index (χ4n) is 2.96. The third-order valence-corrected chi connectivity index (χ3v) is 4.36. The summed E-state index contributed by atoms with van der Waals surface area (Å²) < 4.78 is 10.4. The van der Waals surface area contributed by atoms with Gasteiger partial charge in [-0.2, -0.15) is 0 Å². The minimum atomic E-state index is -0.743. The van der Waals surface area contributed by atoms with Gasteiger partial charge in [0.15, 0.2) is 11.5 Å². The predicted octanol–water partition coefficient (Wildman–Crippen LogP) is 2.03. The molecule has 2 aromatic carbocycles. The Morgan fingerprint density at radius 3 is 2.56 bits per heavy atom. The number of benzene rings is 2. The first-order valence-corrected chi connectivity index (χ1v) is 8.82. The average molecular weight is 370 g/mol. The highest BCUT2D eigenvalue weighted by atomic mass is 16.7. The summed E-state index contributed by atoms with van der Waals surface area (Å²) in [5.41, 5.74) is 1.56. The van der Waals surface area contributed by atoms with Gasteiger partial charge >= 0.3 is 11.8 Å². The second kappa shape index (κ2) is 9.05. The number of anilines is 1. The molecule has 1 atom stereocenters. The highest BCUT2D eigenvalue weighted by Gasteiger charge is 2.18. The Hall–Kier alpha value is -3.06. The Bertz CT molecular complexity index is 794. The van der Waals surface area contributed by atoms with Crippen LogP contribution in [0.15, 0.2) is 48.5 Å². The smallest absolute Gasteiger partial charge is 0.313 e. The molecule has 0 bridgehead atoms. The molecule has 1 aliphatic heterocycles. The van der Waals surface area contributed by atoms with E-state index in [0.29, 0.717) is 36.6 Å². The molecule has 3 N–H and O–H groups in total. The zero-order valence-corrected chi connectivity index (χ0v) is 14.8. The lowest BCUT2D eigenvalue weighted by molar-refractivity contribution is -0.136. The molecular formula is C20H22N2O5. The Morgan fingerprint density at radius 2 is 1.78 bits per heavy atom. The Balaban J connectivity index is 1.48. The standard InChI is InChI=1S/C20H22N2O5/c23-11-9-15(14-4-2-1-3-5-14)8-10-21-19(24)20(25)22-16-6-7-17-18(12-16)27-13-26-17/h1-7,12,15,23H,8-11,13H2,(H,21,24)(H,22,25). The van der Waals surface area contributed by atoms with Gasteiger partial charge in [0.1, 0.15) is 0 Å². The molecule has 2 amide bonds. The summed E-state index contributed by atoms with van der Waals surface area (Å²) >= 11 is 0. The second-order valence-electron chi connectivity index (χ2n) is 6.19. The number of fused-ring (bicyclic) bond motifs is 1. The van der Waals surface area contributed by atoms with Crippen molar-refractivity contribution >= 4 is 17.5 Å². The Morgan fingerprint density at radius 1 is 1.00 bits per heavy atom. The van der Waals surface area contributed by atoms with Crippen LogP contribution < -0.4 is 20.1 Å². The highest BCUT2D eigenvalue weighted by molar-refractivity contribution is 6.39. The maximum Gasteiger partial charge on any atom is 0.313 e. The van der Waals surface area contributed by atoms with Crippen LogP contribution in [0.1, 0.15) is 24.3 Å². The van der Waals surface area contributed by atoms with Crippen LogP contribution in [0.5, 0.6) is 11.5 Å². The van der Waals surface area contributed by atoms with Crippen LogP contribution in [0.3, 0.4) is 0 Å². The number of carbonyl (C=O) groups excluding carboxylic acids is 2. The van der Waals surface area contributed by atoms with Crippen LogP contribution in [-0.2, 0) is 9.59 Å². The molecule has 1 aliphatic rings. The van der Waals surface area contributed by atoms with Gasteiger partial charge in [-0.3, -0.25) is 9.59 Å². The van der Waals surface area contributed by atoms with Gasteiger partial charge in [-0.1, -0.05) is 30.3 Å². The van der Waals surface area contributed by atoms with E-state index in [1.807, 2.05) is 30.3 Å². The number of nitrogens with one attached hydrogen (secondary N) is 2. The van der Waals surface area contributed by atoms with E-state index in [4.69, 9.17) is 9.47 Å². The summed E-state index contributed by atoms with van der Waals surface area (Å²) in [6.07, 6.45) is 1.23. The zero-order valence-electron chi connectivity index (χ0n) is 14.8. The van der Waals surface area contributed by atoms with Crippen LogP contribution >= 0.6 is 0 Å². The summed E-state index contributed by atoms with van der Waals surface area (Å²) in [5, 5.41) is 14.4. The molecule has 0 fully saturated rings. The van der Waals surface area contributed by atoms with Gasteiger partial charge in [0.05, 0.1) is 0 Å². The van der Waals surface area contributed by atoms with Gasteiger partial charge in [-0.25, -0.2) is 0 Å². The number of hydrogen-bond donors (Lipinski definition) is 3. The maximum atomic E-state index is 12.0. The Labute approximate surface area is 157 Å². The minimum Gasteiger partial charge on any atom is -0.454 e. The lowest BCUT2D eigenvalue weighted by Gasteiger charge is -2.16. The van der Waals surface area contributed by atoms with Gasteiger partial charge in [-0.05, 0) is 36.5 Å². The van der Waals surface area contributed by atoms with E-state index in [0.717, 1.165) is 5.56 Å². The normalized spacial score (nSPS) is 13.1. The number of hydrogen-bond acceptors (Lipinski definition) is 5. The number of carbonyl (C=O) groups is 2. The number of aliphatic hydroxyl groups is 1. The van der Waals surface area contributed by atoms with Crippen molar-refractivity contribution in [3.63, 3.8) is 0 Å². The van der Waals surface area contributed by atoms with Crippen LogP contribution in [0.2, 0.25) is 0 Å². The molecule has 0 spiro atoms. The molecule has 7 nitrogen and oxygen atoms in total. The van der Waals surface area contributed by atoms with Gasteiger partial charge in [0, 0.05) is 24.9 Å². The molecule has 1 unspecified atom stereocenters. The first-order valence-electron chi connectivity index (χ1n) is 8.82. The van der Waals surface area contributed by atoms with E-state index < -0.39 is 11.8 Å². The molecule has 0 saturated carbocycles. The first-order chi connectivity index (χ1) is 13.2. The molecule has 7 heteroatoms. The number of ether oxygens (including phenoxy) is 2. The first kappa shape index (κ1) is 18.7. The molecule has 0 saturated heterocycles. The van der Waals surface area contributed by atoms with Crippen molar-refractivity contribution in [1.29, 1.82) is 0 Å². The lowest BCUT2D eigenvalue weighted by Crippen LogP contribution is -2.36. The molecule has 142 valence electrons. The largest absolute Gasteiger partial charge is 0.454 e. The quantitative estimate of drug-likeness (QED) is 0.648. The summed E-state index contributed by atoms with van der Waals surface area (Å²) in [4.78, 5) is 24.1. The third kappa shape index (κ3) is 4.98. The number of rotatable bonds is 7. The molecule has 3 rings (SSSR count). The zero-order chi connectivity index (χ0) is 19.1. The molecular weight excluding hydrogens is 348 g/mol. The molecule has 0 radical (unpaired) electrons. The number of amides is 2. The Kier molecular flexibility index (Phi) is 6.27. The average Bonchev–Trinajstić information content (AvgIpc) is 3.15. The monoisotopic (exact) mass is 370 g/mol. The third-order valence-electron chi connectivity index (χ3n) is 4.36. The van der Waals surface area contributed by atoms with E-state index in [2.05, 4.69) is 10.6 Å². The fraction of sp³-hybridized carbons (Fsp3) is 0.300. The van der Waals surface area contributed by atoms with E-state index in [1.54, 1.807) is 18.2 Å². The summed E-state index contributed by atoms with van der Waals surface area (Å²) in [6.45, 7) is 0.550. The minimum absolute atomic E-state index is 0.0676. The molecule has 0 aliphatic carbocycles. The van der Waals surface area contributed by atoms with Crippen LogP contribution in [0, 0.1) is 0 Å². The summed E-state index contributed by atoms with van der Waals surface area (Å²) in [6, 6.07) is 14.7. The summed E-state index contributed by atoms with van der Waals surface area (Å²) in [5.74, 6) is -0.194. The van der Waals surface area contributed by atoms with E-state index >= 15 is 0 Å². The fourth-order valence-corrected chi connectivity index (χ4v) is 2.96. The second-order valence-corrected chi connectivity index (χ2v) is 6.19. The van der Waals surface area contributed by atoms with Crippen molar-refractivity contribution < 1.29 is 24.2 Å². The molecule has 2 aromatic rings. The topological polar surface area (TPSA) is 96.9 Å². The van der Waals surface area contributed by atoms with Gasteiger partial charge < -0.3 is 25.2 Å². The maximum absolute atomic E-state index is 12.0. The predicted molar refractivity (Wildman–Crippen MR) is 99.7 cm³/mol. The van der Waals surface area contributed by atoms with E-state index in [1.165, 1.54) is 0 Å². The van der Waals surface area contributed by atoms with Crippen LogP contribution in [0.25, 0.3) is 0 Å². The van der Waals surface area contributed by atoms with Crippen molar-refractivity contribution in [2.45, 2.75) is 18.8 Å². The number of aliphatic hydroxyl groups excluding tert-OH is 1. The van der Waals surface area contributed by atoms with Gasteiger partial charge in [0.25, 0.3) is 0 Å². The van der Waals surface area contributed by atoms with E-state index in [9.17, 15) is 14.7 Å². The van der Waals surface area contributed by atoms with Crippen LogP contribution in [0.4, 0.5) is 5.69 Å². The van der Waals surface area contributed by atoms with Crippen molar-refractivity contribution in [2.75, 3.05) is 25.3 Å². The van der Waals surface area contributed by atoms with E-state index in [-0.39, 0.29) is 19.3 Å². The van der Waals surface area contributed by atoms with Crippen molar-refractivity contribution in [1.82, 2.24) is 5.32 Å². The molecule has 0 aromatic heterocycles. The van der Waals surface area contributed by atoms with Gasteiger partial charge in [-0.15, -0.1) is 0 Å².